The van der Waals surface area contributed by atoms with E-state index < -0.39 is 18.1 Å². The molecule has 0 amide bonds. The minimum Gasteiger partial charge on any atom is -0.478 e. The van der Waals surface area contributed by atoms with Crippen molar-refractivity contribution in [1.29, 1.82) is 0 Å². The van der Waals surface area contributed by atoms with Gasteiger partial charge in [0.1, 0.15) is 5.69 Å². The zero-order chi connectivity index (χ0) is 11.6. The third-order valence-electron chi connectivity index (χ3n) is 2.14. The van der Waals surface area contributed by atoms with E-state index in [9.17, 15) is 13.6 Å². The van der Waals surface area contributed by atoms with Crippen LogP contribution in [0.3, 0.4) is 0 Å². The lowest BCUT2D eigenvalue weighted by atomic mass is 10.0. The summed E-state index contributed by atoms with van der Waals surface area (Å²) < 4.78 is 24.9. The predicted molar refractivity (Wildman–Crippen MR) is 48.8 cm³/mol. The molecule has 4 nitrogen and oxygen atoms in total. The maximum atomic E-state index is 12.5. The van der Waals surface area contributed by atoms with Crippen LogP contribution in [-0.2, 0) is 6.54 Å². The minimum absolute atomic E-state index is 0.0974. The number of hydrogen-bond donors (Lipinski definition) is 2. The van der Waals surface area contributed by atoms with Crippen molar-refractivity contribution in [3.8, 4) is 0 Å². The maximum Gasteiger partial charge on any atom is 0.337 e. The van der Waals surface area contributed by atoms with Gasteiger partial charge in [0.2, 0.25) is 0 Å². The topological polar surface area (TPSA) is 76.2 Å². The first-order valence-electron chi connectivity index (χ1n) is 4.19. The number of hydrogen-bond acceptors (Lipinski definition) is 3. The van der Waals surface area contributed by atoms with Gasteiger partial charge in [-0.2, -0.15) is 0 Å². The number of nitrogens with zero attached hydrogens (tertiary/aromatic N) is 1. The van der Waals surface area contributed by atoms with Crippen LogP contribution in [0.25, 0.3) is 0 Å². The quantitative estimate of drug-likeness (QED) is 0.802. The second-order valence-corrected chi connectivity index (χ2v) is 2.97. The zero-order valence-electron chi connectivity index (χ0n) is 8.00. The number of aromatic nitrogens is 1. The molecule has 0 aliphatic rings. The Morgan fingerprint density at radius 2 is 2.27 bits per heavy atom. The van der Waals surface area contributed by atoms with Crippen molar-refractivity contribution >= 4 is 5.97 Å². The Morgan fingerprint density at radius 1 is 1.67 bits per heavy atom. The molecule has 82 valence electrons. The summed E-state index contributed by atoms with van der Waals surface area (Å²) in [7, 11) is 0. The average Bonchev–Trinajstić information content (AvgIpc) is 2.16. The van der Waals surface area contributed by atoms with Gasteiger partial charge in [-0.05, 0) is 18.1 Å². The molecule has 0 saturated heterocycles. The Labute approximate surface area is 84.7 Å². The number of nitrogens with two attached hydrogens (primary N) is 1. The van der Waals surface area contributed by atoms with E-state index in [1.807, 2.05) is 0 Å². The van der Waals surface area contributed by atoms with Crippen LogP contribution < -0.4 is 5.73 Å². The summed E-state index contributed by atoms with van der Waals surface area (Å²) in [6.07, 6.45) is -1.82. The Hall–Kier alpha value is -1.56. The molecular formula is C9H10F2N2O2. The first kappa shape index (κ1) is 11.5. The molecule has 0 spiro atoms. The Bertz CT molecular complexity index is 394. The van der Waals surface area contributed by atoms with Gasteiger partial charge in [-0.15, -0.1) is 0 Å². The first-order chi connectivity index (χ1) is 6.99. The van der Waals surface area contributed by atoms with Crippen molar-refractivity contribution in [2.75, 3.05) is 0 Å². The van der Waals surface area contributed by atoms with Gasteiger partial charge in [0.25, 0.3) is 6.43 Å². The van der Waals surface area contributed by atoms with Crippen LogP contribution in [0.5, 0.6) is 0 Å². The summed E-state index contributed by atoms with van der Waals surface area (Å²) in [6.45, 7) is 1.29. The molecule has 0 aromatic carbocycles. The van der Waals surface area contributed by atoms with Gasteiger partial charge >= 0.3 is 5.97 Å². The molecule has 0 saturated carbocycles. The molecule has 0 atom stereocenters. The molecule has 1 heterocycles. The summed E-state index contributed by atoms with van der Waals surface area (Å²) in [4.78, 5) is 14.1. The summed E-state index contributed by atoms with van der Waals surface area (Å²) in [6, 6.07) is 0. The number of carboxylic acid groups (broad SMARTS) is 1. The van der Waals surface area contributed by atoms with Gasteiger partial charge in [-0.1, -0.05) is 0 Å². The van der Waals surface area contributed by atoms with Crippen molar-refractivity contribution in [3.63, 3.8) is 0 Å². The highest BCUT2D eigenvalue weighted by Gasteiger charge is 2.19. The van der Waals surface area contributed by atoms with Crippen LogP contribution in [0.1, 0.15) is 33.6 Å². The monoisotopic (exact) mass is 216 g/mol. The summed E-state index contributed by atoms with van der Waals surface area (Å²) in [5.74, 6) is -1.20. The number of rotatable bonds is 3. The molecule has 6 heteroatoms. The van der Waals surface area contributed by atoms with E-state index in [-0.39, 0.29) is 23.2 Å². The molecule has 0 radical (unpaired) electrons. The van der Waals surface area contributed by atoms with Crippen molar-refractivity contribution in [2.45, 2.75) is 19.9 Å². The fourth-order valence-electron chi connectivity index (χ4n) is 1.32. The Balaban J connectivity index is 3.39. The van der Waals surface area contributed by atoms with E-state index in [4.69, 9.17) is 10.8 Å². The Morgan fingerprint density at radius 3 is 2.67 bits per heavy atom. The SMILES string of the molecule is Cc1c(C(=O)O)cnc(C(F)F)c1CN. The van der Waals surface area contributed by atoms with Crippen molar-refractivity contribution < 1.29 is 18.7 Å². The number of pyridine rings is 1. The van der Waals surface area contributed by atoms with Gasteiger partial charge in [-0.25, -0.2) is 13.6 Å². The molecule has 0 bridgehead atoms. The number of carbonyl (C=O) groups is 1. The van der Waals surface area contributed by atoms with Crippen LogP contribution in [0.15, 0.2) is 6.20 Å². The highest BCUT2D eigenvalue weighted by atomic mass is 19.3. The normalized spacial score (nSPS) is 10.7. The highest BCUT2D eigenvalue weighted by molar-refractivity contribution is 5.89. The van der Waals surface area contributed by atoms with Gasteiger partial charge in [0.15, 0.2) is 0 Å². The lowest BCUT2D eigenvalue weighted by Crippen LogP contribution is -2.11. The fraction of sp³-hybridized carbons (Fsp3) is 0.333. The van der Waals surface area contributed by atoms with Gasteiger partial charge in [0, 0.05) is 12.7 Å². The largest absolute Gasteiger partial charge is 0.478 e. The lowest BCUT2D eigenvalue weighted by molar-refractivity contribution is 0.0694. The highest BCUT2D eigenvalue weighted by Crippen LogP contribution is 2.24. The van der Waals surface area contributed by atoms with Crippen LogP contribution in [0.4, 0.5) is 8.78 Å². The van der Waals surface area contributed by atoms with Crippen molar-refractivity contribution in [2.24, 2.45) is 5.73 Å². The van der Waals surface area contributed by atoms with Crippen LogP contribution in [-0.4, -0.2) is 16.1 Å². The second-order valence-electron chi connectivity index (χ2n) is 2.97. The van der Waals surface area contributed by atoms with Gasteiger partial charge in [0.05, 0.1) is 5.56 Å². The van der Waals surface area contributed by atoms with Crippen LogP contribution in [0, 0.1) is 6.92 Å². The summed E-state index contributed by atoms with van der Waals surface area (Å²) in [5.41, 5.74) is 5.10. The summed E-state index contributed by atoms with van der Waals surface area (Å²) in [5, 5.41) is 8.75. The minimum atomic E-state index is -2.75. The van der Waals surface area contributed by atoms with Crippen molar-refractivity contribution in [1.82, 2.24) is 4.98 Å². The molecular weight excluding hydrogens is 206 g/mol. The van der Waals surface area contributed by atoms with Gasteiger partial charge < -0.3 is 10.8 Å². The molecule has 1 aromatic heterocycles. The molecule has 0 fully saturated rings. The lowest BCUT2D eigenvalue weighted by Gasteiger charge is -2.11. The first-order valence-corrected chi connectivity index (χ1v) is 4.19. The number of alkyl halides is 2. The second kappa shape index (κ2) is 4.31. The maximum absolute atomic E-state index is 12.5. The van der Waals surface area contributed by atoms with Gasteiger partial charge in [-0.3, -0.25) is 4.98 Å². The molecule has 3 N–H and O–H groups in total. The van der Waals surface area contributed by atoms with E-state index >= 15 is 0 Å². The van der Waals surface area contributed by atoms with E-state index in [0.717, 1.165) is 6.20 Å². The number of aromatic carboxylic acids is 1. The number of halogens is 2. The molecule has 15 heavy (non-hydrogen) atoms. The molecule has 0 aliphatic heterocycles. The van der Waals surface area contributed by atoms with Crippen LogP contribution >= 0.6 is 0 Å². The third kappa shape index (κ3) is 2.10. The smallest absolute Gasteiger partial charge is 0.337 e. The summed E-state index contributed by atoms with van der Waals surface area (Å²) >= 11 is 0. The third-order valence-corrected chi connectivity index (χ3v) is 2.14. The predicted octanol–water partition coefficient (Wildman–Crippen LogP) is 1.48. The van der Waals surface area contributed by atoms with E-state index in [1.54, 1.807) is 0 Å². The Kier molecular flexibility index (Phi) is 3.31. The molecule has 1 aromatic rings. The number of carboxylic acids is 1. The molecule has 0 unspecified atom stereocenters. The standard InChI is InChI=1S/C9H10F2N2O2/c1-4-5(2-12)7(8(10)11)13-3-6(4)9(14)15/h3,8H,2,12H2,1H3,(H,14,15). The van der Waals surface area contributed by atoms with Crippen LogP contribution in [0.2, 0.25) is 0 Å². The zero-order valence-corrected chi connectivity index (χ0v) is 8.00. The molecule has 1 rings (SSSR count). The fourth-order valence-corrected chi connectivity index (χ4v) is 1.32. The average molecular weight is 216 g/mol. The van der Waals surface area contributed by atoms with E-state index in [1.165, 1.54) is 6.92 Å². The molecule has 0 aliphatic carbocycles. The van der Waals surface area contributed by atoms with Crippen molar-refractivity contribution in [3.05, 3.63) is 28.6 Å². The van der Waals surface area contributed by atoms with E-state index in [0.29, 0.717) is 0 Å². The van der Waals surface area contributed by atoms with E-state index in [2.05, 4.69) is 4.98 Å².